The molecule has 36 valence electrons. The topological polar surface area (TPSA) is 26.0 Å². The van der Waals surface area contributed by atoms with E-state index in [-0.39, 0.29) is 0 Å². The molecule has 6 heavy (non-hydrogen) atoms. The maximum Gasteiger partial charge on any atom is 0.0178 e. The maximum atomic E-state index is 5.31. The number of hydrogen-bond acceptors (Lipinski definition) is 2. The lowest BCUT2D eigenvalue weighted by molar-refractivity contribution is 0.790. The quantitative estimate of drug-likeness (QED) is 0.521. The molecule has 1 aliphatic heterocycles. The van der Waals surface area contributed by atoms with E-state index >= 15 is 0 Å². The molecule has 0 aromatic carbocycles. The zero-order chi connectivity index (χ0) is 4.41. The summed E-state index contributed by atoms with van der Waals surface area (Å²) in [5.41, 5.74) is 5.31. The van der Waals surface area contributed by atoms with Gasteiger partial charge in [0.05, 0.1) is 0 Å². The van der Waals surface area contributed by atoms with E-state index in [9.17, 15) is 0 Å². The lowest BCUT2D eigenvalue weighted by Gasteiger charge is -2.22. The molecule has 2 N–H and O–H groups in total. The predicted molar refractivity (Wildman–Crippen MR) is 29.9 cm³/mol. The highest BCUT2D eigenvalue weighted by atomic mass is 32.2. The van der Waals surface area contributed by atoms with E-state index in [2.05, 4.69) is 0 Å². The van der Waals surface area contributed by atoms with Gasteiger partial charge in [-0.25, -0.2) is 0 Å². The lowest BCUT2D eigenvalue weighted by atomic mass is 10.3. The molecule has 1 fully saturated rings. The molecule has 1 saturated heterocycles. The zero-order valence-corrected chi connectivity index (χ0v) is 4.50. The highest BCUT2D eigenvalue weighted by Crippen LogP contribution is 2.25. The Balaban J connectivity index is 2.01. The molecular formula is C4H9NS. The van der Waals surface area contributed by atoms with Gasteiger partial charge in [0.1, 0.15) is 0 Å². The number of rotatable bonds is 1. The molecule has 1 aliphatic rings. The van der Waals surface area contributed by atoms with Crippen LogP contribution in [0.25, 0.3) is 0 Å². The summed E-state index contributed by atoms with van der Waals surface area (Å²) in [7, 11) is 0. The van der Waals surface area contributed by atoms with Crippen LogP contribution in [0, 0.1) is 0 Å². The molecular weight excluding hydrogens is 94.1 g/mol. The number of nitrogens with two attached hydrogens (primary N) is 1. The van der Waals surface area contributed by atoms with Gasteiger partial charge in [-0.15, -0.1) is 0 Å². The van der Waals surface area contributed by atoms with E-state index in [1.165, 1.54) is 12.2 Å². The first-order chi connectivity index (χ1) is 2.93. The lowest BCUT2D eigenvalue weighted by Crippen LogP contribution is -2.24. The van der Waals surface area contributed by atoms with Gasteiger partial charge >= 0.3 is 0 Å². The van der Waals surface area contributed by atoms with Crippen LogP contribution < -0.4 is 5.73 Å². The fraction of sp³-hybridized carbons (Fsp3) is 1.00. The van der Waals surface area contributed by atoms with Crippen molar-refractivity contribution in [1.29, 1.82) is 0 Å². The van der Waals surface area contributed by atoms with E-state index in [1.54, 1.807) is 0 Å². The molecule has 2 heteroatoms. The van der Waals surface area contributed by atoms with Crippen LogP contribution >= 0.6 is 11.8 Å². The van der Waals surface area contributed by atoms with Crippen molar-refractivity contribution < 1.29 is 0 Å². The van der Waals surface area contributed by atoms with Crippen molar-refractivity contribution in [3.05, 3.63) is 0 Å². The minimum atomic E-state index is 0.810. The van der Waals surface area contributed by atoms with Crippen LogP contribution in [-0.4, -0.2) is 17.5 Å². The molecule has 0 aromatic rings. The molecule has 1 unspecified atom stereocenters. The van der Waals surface area contributed by atoms with Crippen LogP contribution in [0.5, 0.6) is 0 Å². The molecule has 0 saturated carbocycles. The fourth-order valence-corrected chi connectivity index (χ4v) is 1.18. The van der Waals surface area contributed by atoms with E-state index < -0.39 is 0 Å². The van der Waals surface area contributed by atoms with E-state index in [0.29, 0.717) is 0 Å². The molecule has 0 aliphatic carbocycles. The molecule has 1 heterocycles. The zero-order valence-electron chi connectivity index (χ0n) is 3.68. The standard InChI is InChI=1S/C4H9NS/c5-3-4-1-2-6-4/h4H,1-3,5H2. The Kier molecular flexibility index (Phi) is 1.37. The normalized spacial score (nSPS) is 32.5. The Labute approximate surface area is 42.3 Å². The van der Waals surface area contributed by atoms with E-state index in [1.807, 2.05) is 11.8 Å². The predicted octanol–water partition coefficient (Wildman–Crippen LogP) is 0.451. The third-order valence-corrected chi connectivity index (χ3v) is 2.43. The summed E-state index contributed by atoms with van der Waals surface area (Å²) in [6.45, 7) is 0.880. The van der Waals surface area contributed by atoms with Gasteiger partial charge in [0.15, 0.2) is 0 Å². The first-order valence-electron chi connectivity index (χ1n) is 2.25. The summed E-state index contributed by atoms with van der Waals surface area (Å²) >= 11 is 1.98. The van der Waals surface area contributed by atoms with Crippen LogP contribution in [0.2, 0.25) is 0 Å². The SMILES string of the molecule is NCC1CCS1. The molecule has 0 spiro atoms. The molecule has 0 aromatic heterocycles. The molecule has 1 atom stereocenters. The van der Waals surface area contributed by atoms with Crippen LogP contribution in [-0.2, 0) is 0 Å². The van der Waals surface area contributed by atoms with Crippen LogP contribution in [0.15, 0.2) is 0 Å². The van der Waals surface area contributed by atoms with Crippen molar-refractivity contribution in [2.45, 2.75) is 11.7 Å². The van der Waals surface area contributed by atoms with Gasteiger partial charge in [0.2, 0.25) is 0 Å². The van der Waals surface area contributed by atoms with Crippen molar-refractivity contribution >= 4 is 11.8 Å². The average molecular weight is 103 g/mol. The van der Waals surface area contributed by atoms with Crippen LogP contribution in [0.1, 0.15) is 6.42 Å². The van der Waals surface area contributed by atoms with Crippen molar-refractivity contribution in [2.75, 3.05) is 12.3 Å². The largest absolute Gasteiger partial charge is 0.329 e. The number of thioether (sulfide) groups is 1. The first kappa shape index (κ1) is 4.47. The minimum absolute atomic E-state index is 0.810. The van der Waals surface area contributed by atoms with Gasteiger partial charge in [-0.2, -0.15) is 11.8 Å². The summed E-state index contributed by atoms with van der Waals surface area (Å²) in [5, 5.41) is 0.810. The minimum Gasteiger partial charge on any atom is -0.329 e. The molecule has 0 radical (unpaired) electrons. The summed E-state index contributed by atoms with van der Waals surface area (Å²) in [6, 6.07) is 0. The Bertz CT molecular complexity index is 40.1. The first-order valence-corrected chi connectivity index (χ1v) is 3.30. The van der Waals surface area contributed by atoms with Crippen molar-refractivity contribution in [1.82, 2.24) is 0 Å². The van der Waals surface area contributed by atoms with Crippen molar-refractivity contribution in [3.8, 4) is 0 Å². The van der Waals surface area contributed by atoms with E-state index in [0.717, 1.165) is 11.8 Å². The Morgan fingerprint density at radius 1 is 1.83 bits per heavy atom. The Morgan fingerprint density at radius 3 is 2.50 bits per heavy atom. The van der Waals surface area contributed by atoms with Gasteiger partial charge in [-0.3, -0.25) is 0 Å². The second-order valence-electron chi connectivity index (χ2n) is 1.52. The second-order valence-corrected chi connectivity index (χ2v) is 2.93. The van der Waals surface area contributed by atoms with Gasteiger partial charge in [0.25, 0.3) is 0 Å². The third kappa shape index (κ3) is 0.684. The fourth-order valence-electron chi connectivity index (χ4n) is 0.470. The smallest absolute Gasteiger partial charge is 0.0178 e. The molecule has 0 bridgehead atoms. The average Bonchev–Trinajstić information content (AvgIpc) is 1.31. The highest BCUT2D eigenvalue weighted by Gasteiger charge is 2.14. The molecule has 0 amide bonds. The van der Waals surface area contributed by atoms with Crippen molar-refractivity contribution in [3.63, 3.8) is 0 Å². The summed E-state index contributed by atoms with van der Waals surface area (Å²) in [6.07, 6.45) is 1.35. The number of hydrogen-bond donors (Lipinski definition) is 1. The van der Waals surface area contributed by atoms with Gasteiger partial charge in [-0.1, -0.05) is 0 Å². The van der Waals surface area contributed by atoms with Crippen LogP contribution in [0.4, 0.5) is 0 Å². The maximum absolute atomic E-state index is 5.31. The summed E-state index contributed by atoms with van der Waals surface area (Å²) < 4.78 is 0. The Hall–Kier alpha value is 0.310. The molecule has 1 rings (SSSR count). The van der Waals surface area contributed by atoms with Gasteiger partial charge in [0, 0.05) is 11.8 Å². The Morgan fingerprint density at radius 2 is 2.50 bits per heavy atom. The van der Waals surface area contributed by atoms with Gasteiger partial charge < -0.3 is 5.73 Å². The highest BCUT2D eigenvalue weighted by molar-refractivity contribution is 8.01. The van der Waals surface area contributed by atoms with Crippen molar-refractivity contribution in [2.24, 2.45) is 5.73 Å². The summed E-state index contributed by atoms with van der Waals surface area (Å²) in [4.78, 5) is 0. The second kappa shape index (κ2) is 1.85. The van der Waals surface area contributed by atoms with E-state index in [4.69, 9.17) is 5.73 Å². The molecule has 1 nitrogen and oxygen atoms in total. The van der Waals surface area contributed by atoms with Crippen LogP contribution in [0.3, 0.4) is 0 Å². The third-order valence-electron chi connectivity index (χ3n) is 1.06. The van der Waals surface area contributed by atoms with Gasteiger partial charge in [-0.05, 0) is 12.2 Å². The monoisotopic (exact) mass is 103 g/mol. The summed E-state index contributed by atoms with van der Waals surface area (Å²) in [5.74, 6) is 1.34.